The van der Waals surface area contributed by atoms with Crippen LogP contribution in [-0.4, -0.2) is 45.1 Å². The first kappa shape index (κ1) is 17.5. The van der Waals surface area contributed by atoms with E-state index in [1.54, 1.807) is 26.0 Å². The van der Waals surface area contributed by atoms with E-state index < -0.39 is 6.04 Å². The molecule has 1 heterocycles. The number of rotatable bonds is 7. The smallest absolute Gasteiger partial charge is 0.245 e. The number of tetrazole rings is 1. The van der Waals surface area contributed by atoms with E-state index >= 15 is 0 Å². The van der Waals surface area contributed by atoms with Crippen molar-refractivity contribution in [2.75, 3.05) is 13.1 Å². The van der Waals surface area contributed by atoms with Crippen molar-refractivity contribution in [1.82, 2.24) is 30.8 Å². The Morgan fingerprint density at radius 1 is 1.25 bits per heavy atom. The molecule has 0 fully saturated rings. The summed E-state index contributed by atoms with van der Waals surface area (Å²) in [5.74, 6) is -0.550. The van der Waals surface area contributed by atoms with E-state index in [1.165, 1.54) is 16.8 Å². The largest absolute Gasteiger partial charge is 0.355 e. The van der Waals surface area contributed by atoms with Gasteiger partial charge in [-0.05, 0) is 42.0 Å². The summed E-state index contributed by atoms with van der Waals surface area (Å²) in [5, 5.41) is 16.3. The number of aromatic nitrogens is 4. The van der Waals surface area contributed by atoms with Crippen LogP contribution in [0, 0.1) is 12.7 Å². The van der Waals surface area contributed by atoms with Crippen molar-refractivity contribution in [3.05, 3.63) is 41.5 Å². The Morgan fingerprint density at radius 3 is 2.54 bits per heavy atom. The fraction of sp³-hybridized carbons (Fsp3) is 0.400. The number of amides is 2. The SMILES string of the molecule is CCNC(=O)CNC(=O)C(Cc1ccc(F)cc1)n1nnnc1C. The van der Waals surface area contributed by atoms with Crippen molar-refractivity contribution < 1.29 is 14.0 Å². The van der Waals surface area contributed by atoms with Gasteiger partial charge in [0.05, 0.1) is 6.54 Å². The van der Waals surface area contributed by atoms with Gasteiger partial charge in [-0.2, -0.15) is 0 Å². The lowest BCUT2D eigenvalue weighted by Crippen LogP contribution is -2.41. The molecule has 8 nitrogen and oxygen atoms in total. The number of hydrogen-bond acceptors (Lipinski definition) is 5. The molecule has 0 saturated heterocycles. The van der Waals surface area contributed by atoms with E-state index in [2.05, 4.69) is 26.2 Å². The van der Waals surface area contributed by atoms with Gasteiger partial charge in [-0.25, -0.2) is 9.07 Å². The van der Waals surface area contributed by atoms with Crippen molar-refractivity contribution in [3.63, 3.8) is 0 Å². The quantitative estimate of drug-likeness (QED) is 0.751. The molecule has 1 aromatic carbocycles. The zero-order valence-electron chi connectivity index (χ0n) is 13.5. The third-order valence-electron chi connectivity index (χ3n) is 3.39. The van der Waals surface area contributed by atoms with Crippen LogP contribution in [0.3, 0.4) is 0 Å². The summed E-state index contributed by atoms with van der Waals surface area (Å²) in [5.41, 5.74) is 0.754. The summed E-state index contributed by atoms with van der Waals surface area (Å²) in [6.45, 7) is 3.82. The number of aryl methyl sites for hydroxylation is 1. The number of carbonyl (C=O) groups excluding carboxylic acids is 2. The molecule has 9 heteroatoms. The number of carbonyl (C=O) groups is 2. The van der Waals surface area contributed by atoms with E-state index in [9.17, 15) is 14.0 Å². The first-order chi connectivity index (χ1) is 11.5. The zero-order chi connectivity index (χ0) is 17.5. The first-order valence-electron chi connectivity index (χ1n) is 7.54. The van der Waals surface area contributed by atoms with Crippen molar-refractivity contribution in [2.45, 2.75) is 26.3 Å². The van der Waals surface area contributed by atoms with Crippen LogP contribution in [0.5, 0.6) is 0 Å². The molecule has 24 heavy (non-hydrogen) atoms. The second kappa shape index (κ2) is 8.14. The molecule has 128 valence electrons. The average molecular weight is 334 g/mol. The highest BCUT2D eigenvalue weighted by molar-refractivity contribution is 5.86. The van der Waals surface area contributed by atoms with E-state index in [0.29, 0.717) is 12.4 Å². The zero-order valence-corrected chi connectivity index (χ0v) is 13.5. The fourth-order valence-electron chi connectivity index (χ4n) is 2.21. The number of nitrogens with zero attached hydrogens (tertiary/aromatic N) is 4. The molecule has 0 aliphatic carbocycles. The van der Waals surface area contributed by atoms with Crippen molar-refractivity contribution in [2.24, 2.45) is 0 Å². The van der Waals surface area contributed by atoms with Crippen LogP contribution in [0.15, 0.2) is 24.3 Å². The Hall–Kier alpha value is -2.84. The number of nitrogens with one attached hydrogen (secondary N) is 2. The lowest BCUT2D eigenvalue weighted by Gasteiger charge is -2.17. The van der Waals surface area contributed by atoms with Crippen LogP contribution in [0.1, 0.15) is 24.4 Å². The van der Waals surface area contributed by atoms with E-state index in [0.717, 1.165) is 5.56 Å². The number of hydrogen-bond donors (Lipinski definition) is 2. The van der Waals surface area contributed by atoms with Gasteiger partial charge >= 0.3 is 0 Å². The molecule has 0 saturated carbocycles. The Kier molecular flexibility index (Phi) is 5.94. The molecule has 1 aromatic heterocycles. The van der Waals surface area contributed by atoms with Crippen LogP contribution in [0.2, 0.25) is 0 Å². The number of likely N-dealkylation sites (N-methyl/N-ethyl adjacent to an activating group) is 1. The lowest BCUT2D eigenvalue weighted by molar-refractivity contribution is -0.128. The van der Waals surface area contributed by atoms with Crippen LogP contribution in [0.25, 0.3) is 0 Å². The van der Waals surface area contributed by atoms with Gasteiger partial charge < -0.3 is 10.6 Å². The molecule has 2 aromatic rings. The van der Waals surface area contributed by atoms with Gasteiger partial charge in [-0.3, -0.25) is 9.59 Å². The van der Waals surface area contributed by atoms with Crippen LogP contribution in [-0.2, 0) is 16.0 Å². The van der Waals surface area contributed by atoms with E-state index in [1.807, 2.05) is 0 Å². The number of benzene rings is 1. The van der Waals surface area contributed by atoms with Gasteiger partial charge in [0.1, 0.15) is 17.7 Å². The van der Waals surface area contributed by atoms with Gasteiger partial charge in [0.2, 0.25) is 11.8 Å². The Balaban J connectivity index is 2.14. The monoisotopic (exact) mass is 334 g/mol. The molecule has 0 spiro atoms. The maximum atomic E-state index is 13.0. The highest BCUT2D eigenvalue weighted by atomic mass is 19.1. The van der Waals surface area contributed by atoms with Gasteiger partial charge in [0.15, 0.2) is 0 Å². The molecule has 2 amide bonds. The highest BCUT2D eigenvalue weighted by Crippen LogP contribution is 2.15. The minimum atomic E-state index is -0.736. The summed E-state index contributed by atoms with van der Waals surface area (Å²) >= 11 is 0. The molecule has 0 aliphatic rings. The fourth-order valence-corrected chi connectivity index (χ4v) is 2.21. The maximum absolute atomic E-state index is 13.0. The molecule has 1 unspecified atom stereocenters. The molecule has 2 N–H and O–H groups in total. The highest BCUT2D eigenvalue weighted by Gasteiger charge is 2.24. The molecule has 0 aliphatic heterocycles. The summed E-state index contributed by atoms with van der Waals surface area (Å²) in [6.07, 6.45) is 0.271. The predicted octanol–water partition coefficient (Wildman–Crippen LogP) is 0.157. The summed E-state index contributed by atoms with van der Waals surface area (Å²) in [6, 6.07) is 5.11. The number of halogens is 1. The molecule has 0 radical (unpaired) electrons. The second-order valence-corrected chi connectivity index (χ2v) is 5.19. The van der Waals surface area contributed by atoms with Gasteiger partial charge in [0, 0.05) is 13.0 Å². The Morgan fingerprint density at radius 2 is 1.96 bits per heavy atom. The summed E-state index contributed by atoms with van der Waals surface area (Å²) in [7, 11) is 0. The maximum Gasteiger partial charge on any atom is 0.245 e. The molecular weight excluding hydrogens is 315 g/mol. The molecule has 0 bridgehead atoms. The minimum absolute atomic E-state index is 0.131. The van der Waals surface area contributed by atoms with Gasteiger partial charge in [-0.1, -0.05) is 12.1 Å². The van der Waals surface area contributed by atoms with Crippen molar-refractivity contribution in [3.8, 4) is 0 Å². The molecule has 2 rings (SSSR count). The topological polar surface area (TPSA) is 102 Å². The third-order valence-corrected chi connectivity index (χ3v) is 3.39. The normalized spacial score (nSPS) is 11.8. The lowest BCUT2D eigenvalue weighted by atomic mass is 10.1. The summed E-state index contributed by atoms with van der Waals surface area (Å²) in [4.78, 5) is 24.0. The van der Waals surface area contributed by atoms with Crippen LogP contribution >= 0.6 is 0 Å². The standard InChI is InChI=1S/C15H19FN6O2/c1-3-17-14(23)9-18-15(24)13(22-10(2)19-20-21-22)8-11-4-6-12(16)7-5-11/h4-7,13H,3,8-9H2,1-2H3,(H,17,23)(H,18,24). The van der Waals surface area contributed by atoms with E-state index in [4.69, 9.17) is 0 Å². The minimum Gasteiger partial charge on any atom is -0.355 e. The predicted molar refractivity (Wildman–Crippen MR) is 83.4 cm³/mol. The summed E-state index contributed by atoms with van der Waals surface area (Å²) < 4.78 is 14.4. The van der Waals surface area contributed by atoms with Gasteiger partial charge in [0.25, 0.3) is 0 Å². The molecular formula is C15H19FN6O2. The van der Waals surface area contributed by atoms with Crippen molar-refractivity contribution >= 4 is 11.8 Å². The third kappa shape index (κ3) is 4.58. The van der Waals surface area contributed by atoms with E-state index in [-0.39, 0.29) is 30.6 Å². The van der Waals surface area contributed by atoms with Crippen LogP contribution < -0.4 is 10.6 Å². The molecule has 1 atom stereocenters. The van der Waals surface area contributed by atoms with Gasteiger partial charge in [-0.15, -0.1) is 5.10 Å². The average Bonchev–Trinajstić information content (AvgIpc) is 2.98. The Bertz CT molecular complexity index is 700. The Labute approximate surface area is 138 Å². The van der Waals surface area contributed by atoms with Crippen molar-refractivity contribution in [1.29, 1.82) is 0 Å². The van der Waals surface area contributed by atoms with Crippen LogP contribution in [0.4, 0.5) is 4.39 Å². The first-order valence-corrected chi connectivity index (χ1v) is 7.54. The second-order valence-electron chi connectivity index (χ2n) is 5.19.